The van der Waals surface area contributed by atoms with E-state index in [1.807, 2.05) is 13.8 Å². The van der Waals surface area contributed by atoms with Gasteiger partial charge in [-0.15, -0.1) is 0 Å². The zero-order valence-electron chi connectivity index (χ0n) is 10.4. The van der Waals surface area contributed by atoms with Crippen molar-refractivity contribution in [2.75, 3.05) is 13.7 Å². The van der Waals surface area contributed by atoms with Crippen molar-refractivity contribution in [1.29, 1.82) is 0 Å². The summed E-state index contributed by atoms with van der Waals surface area (Å²) in [6, 6.07) is 6.37. The van der Waals surface area contributed by atoms with Crippen LogP contribution in [0.15, 0.2) is 24.3 Å². The molecule has 0 aliphatic carbocycles. The van der Waals surface area contributed by atoms with Crippen LogP contribution in [0, 0.1) is 0 Å². The van der Waals surface area contributed by atoms with E-state index in [0.717, 1.165) is 6.42 Å². The third kappa shape index (κ3) is 4.44. The van der Waals surface area contributed by atoms with Gasteiger partial charge in [0.2, 0.25) is 0 Å². The predicted octanol–water partition coefficient (Wildman–Crippen LogP) is 2.58. The maximum atomic E-state index is 10.6. The molecule has 0 spiro atoms. The first kappa shape index (κ1) is 13.5. The van der Waals surface area contributed by atoms with E-state index in [2.05, 4.69) is 0 Å². The summed E-state index contributed by atoms with van der Waals surface area (Å²) in [6.07, 6.45) is 0.768. The minimum absolute atomic E-state index is 0.207. The van der Waals surface area contributed by atoms with Crippen molar-refractivity contribution in [2.45, 2.75) is 25.9 Å². The Balaban J connectivity index is 2.45. The summed E-state index contributed by atoms with van der Waals surface area (Å²) in [5.74, 6) is -0.265. The number of hydrogen-bond acceptors (Lipinski definition) is 3. The van der Waals surface area contributed by atoms with Gasteiger partial charge in [-0.25, -0.2) is 4.79 Å². The van der Waals surface area contributed by atoms with Crippen molar-refractivity contribution in [3.8, 4) is 5.75 Å². The highest BCUT2D eigenvalue weighted by atomic mass is 16.5. The lowest BCUT2D eigenvalue weighted by Gasteiger charge is -2.22. The molecule has 0 heterocycles. The fraction of sp³-hybridized carbons (Fsp3) is 0.462. The van der Waals surface area contributed by atoms with Gasteiger partial charge in [-0.05, 0) is 38.1 Å². The predicted molar refractivity (Wildman–Crippen MR) is 64.6 cm³/mol. The minimum atomic E-state index is -0.933. The van der Waals surface area contributed by atoms with Crippen LogP contribution in [0.3, 0.4) is 0 Å². The Hall–Kier alpha value is -1.55. The minimum Gasteiger partial charge on any atom is -0.493 e. The van der Waals surface area contributed by atoms with Crippen molar-refractivity contribution in [1.82, 2.24) is 0 Å². The van der Waals surface area contributed by atoms with Crippen LogP contribution < -0.4 is 4.74 Å². The first-order valence-corrected chi connectivity index (χ1v) is 5.46. The number of ether oxygens (including phenoxy) is 2. The highest BCUT2D eigenvalue weighted by Crippen LogP contribution is 2.16. The van der Waals surface area contributed by atoms with Gasteiger partial charge in [0.25, 0.3) is 0 Å². The normalized spacial score (nSPS) is 11.2. The standard InChI is InChI=1S/C13H18O4/c1-13(2,16-3)8-9-17-11-6-4-10(5-7-11)12(14)15/h4-7H,8-9H2,1-3H3,(H,14,15). The Kier molecular flexibility index (Phi) is 4.52. The number of methoxy groups -OCH3 is 1. The summed E-state index contributed by atoms with van der Waals surface area (Å²) in [5.41, 5.74) is 0.0515. The average Bonchev–Trinajstić information content (AvgIpc) is 2.29. The molecule has 1 rings (SSSR count). The summed E-state index contributed by atoms with van der Waals surface area (Å²) >= 11 is 0. The molecular formula is C13H18O4. The zero-order valence-corrected chi connectivity index (χ0v) is 10.4. The number of hydrogen-bond donors (Lipinski definition) is 1. The highest BCUT2D eigenvalue weighted by molar-refractivity contribution is 5.87. The number of rotatable bonds is 6. The number of carbonyl (C=O) groups is 1. The number of aromatic carboxylic acids is 1. The highest BCUT2D eigenvalue weighted by Gasteiger charge is 2.15. The second-order valence-corrected chi connectivity index (χ2v) is 4.39. The van der Waals surface area contributed by atoms with Crippen molar-refractivity contribution < 1.29 is 19.4 Å². The van der Waals surface area contributed by atoms with Crippen molar-refractivity contribution in [3.63, 3.8) is 0 Å². The molecule has 0 saturated heterocycles. The van der Waals surface area contributed by atoms with Gasteiger partial charge >= 0.3 is 5.97 Å². The van der Waals surface area contributed by atoms with E-state index in [1.54, 1.807) is 19.2 Å². The molecule has 0 radical (unpaired) electrons. The van der Waals surface area contributed by atoms with Crippen LogP contribution in [0.1, 0.15) is 30.6 Å². The number of carboxylic acids is 1. The Morgan fingerprint density at radius 3 is 2.35 bits per heavy atom. The molecule has 4 heteroatoms. The van der Waals surface area contributed by atoms with Gasteiger partial charge in [-0.2, -0.15) is 0 Å². The largest absolute Gasteiger partial charge is 0.493 e. The molecule has 1 N–H and O–H groups in total. The molecule has 17 heavy (non-hydrogen) atoms. The average molecular weight is 238 g/mol. The molecule has 0 aliphatic rings. The van der Waals surface area contributed by atoms with Crippen LogP contribution in [0.25, 0.3) is 0 Å². The quantitative estimate of drug-likeness (QED) is 0.827. The van der Waals surface area contributed by atoms with Gasteiger partial charge < -0.3 is 14.6 Å². The van der Waals surface area contributed by atoms with Crippen LogP contribution in [-0.2, 0) is 4.74 Å². The monoisotopic (exact) mass is 238 g/mol. The molecular weight excluding hydrogens is 220 g/mol. The van der Waals surface area contributed by atoms with Gasteiger partial charge in [0.05, 0.1) is 17.8 Å². The SMILES string of the molecule is COC(C)(C)CCOc1ccc(C(=O)O)cc1. The smallest absolute Gasteiger partial charge is 0.335 e. The fourth-order valence-electron chi connectivity index (χ4n) is 1.21. The van der Waals surface area contributed by atoms with E-state index in [0.29, 0.717) is 12.4 Å². The third-order valence-electron chi connectivity index (χ3n) is 2.63. The lowest BCUT2D eigenvalue weighted by Crippen LogP contribution is -2.25. The van der Waals surface area contributed by atoms with Gasteiger partial charge in [-0.1, -0.05) is 0 Å². The molecule has 0 fully saturated rings. The summed E-state index contributed by atoms with van der Waals surface area (Å²) in [4.78, 5) is 10.6. The Labute approximate surface area is 101 Å². The molecule has 4 nitrogen and oxygen atoms in total. The summed E-state index contributed by atoms with van der Waals surface area (Å²) in [5, 5.41) is 8.73. The van der Waals surface area contributed by atoms with Gasteiger partial charge in [-0.3, -0.25) is 0 Å². The van der Waals surface area contributed by atoms with Crippen LogP contribution in [0.2, 0.25) is 0 Å². The lowest BCUT2D eigenvalue weighted by atomic mass is 10.1. The Morgan fingerprint density at radius 1 is 1.29 bits per heavy atom. The molecule has 0 bridgehead atoms. The third-order valence-corrected chi connectivity index (χ3v) is 2.63. The number of carboxylic acid groups (broad SMARTS) is 1. The van der Waals surface area contributed by atoms with E-state index < -0.39 is 5.97 Å². The Morgan fingerprint density at radius 2 is 1.88 bits per heavy atom. The van der Waals surface area contributed by atoms with Gasteiger partial charge in [0.15, 0.2) is 0 Å². The topological polar surface area (TPSA) is 55.8 Å². The maximum absolute atomic E-state index is 10.6. The van der Waals surface area contributed by atoms with E-state index >= 15 is 0 Å². The molecule has 0 amide bonds. The van der Waals surface area contributed by atoms with Crippen molar-refractivity contribution in [3.05, 3.63) is 29.8 Å². The van der Waals surface area contributed by atoms with Crippen LogP contribution in [0.4, 0.5) is 0 Å². The first-order chi connectivity index (χ1) is 7.94. The van der Waals surface area contributed by atoms with Crippen molar-refractivity contribution in [2.24, 2.45) is 0 Å². The summed E-state index contributed by atoms with van der Waals surface area (Å²) < 4.78 is 10.8. The summed E-state index contributed by atoms with van der Waals surface area (Å²) in [6.45, 7) is 4.51. The second kappa shape index (κ2) is 5.68. The second-order valence-electron chi connectivity index (χ2n) is 4.39. The van der Waals surface area contributed by atoms with Crippen LogP contribution >= 0.6 is 0 Å². The van der Waals surface area contributed by atoms with E-state index in [1.165, 1.54) is 12.1 Å². The first-order valence-electron chi connectivity index (χ1n) is 5.46. The molecule has 0 aromatic heterocycles. The summed E-state index contributed by atoms with van der Waals surface area (Å²) in [7, 11) is 1.67. The molecule has 0 unspecified atom stereocenters. The van der Waals surface area contributed by atoms with Gasteiger partial charge in [0.1, 0.15) is 5.75 Å². The van der Waals surface area contributed by atoms with Crippen molar-refractivity contribution >= 4 is 5.97 Å². The zero-order chi connectivity index (χ0) is 12.9. The molecule has 1 aromatic carbocycles. The van der Waals surface area contributed by atoms with E-state index in [-0.39, 0.29) is 11.2 Å². The molecule has 0 atom stereocenters. The molecule has 1 aromatic rings. The van der Waals surface area contributed by atoms with Gasteiger partial charge in [0, 0.05) is 13.5 Å². The lowest BCUT2D eigenvalue weighted by molar-refractivity contribution is 0.00546. The number of benzene rings is 1. The maximum Gasteiger partial charge on any atom is 0.335 e. The van der Waals surface area contributed by atoms with E-state index in [9.17, 15) is 4.79 Å². The van der Waals surface area contributed by atoms with Crippen LogP contribution in [0.5, 0.6) is 5.75 Å². The fourth-order valence-corrected chi connectivity index (χ4v) is 1.21. The Bertz CT molecular complexity index is 368. The molecule has 0 aliphatic heterocycles. The molecule has 94 valence electrons. The van der Waals surface area contributed by atoms with E-state index in [4.69, 9.17) is 14.6 Å². The molecule has 0 saturated carbocycles. The van der Waals surface area contributed by atoms with Crippen LogP contribution in [-0.4, -0.2) is 30.4 Å².